The summed E-state index contributed by atoms with van der Waals surface area (Å²) in [5.74, 6) is 0. The number of rotatable bonds is 3. The summed E-state index contributed by atoms with van der Waals surface area (Å²) in [5.41, 5.74) is 1.89. The van der Waals surface area contributed by atoms with Crippen molar-refractivity contribution in [3.05, 3.63) is 16.6 Å². The largest absolute Gasteiger partial charge is 0.378 e. The highest BCUT2D eigenvalue weighted by atomic mass is 32.1. The molecule has 0 amide bonds. The Morgan fingerprint density at radius 1 is 1.53 bits per heavy atom. The van der Waals surface area contributed by atoms with Crippen LogP contribution >= 0.6 is 11.3 Å². The molecule has 0 aromatic carbocycles. The van der Waals surface area contributed by atoms with Crippen molar-refractivity contribution in [3.63, 3.8) is 0 Å². The van der Waals surface area contributed by atoms with Gasteiger partial charge in [0.25, 0.3) is 0 Å². The molecule has 1 spiro atoms. The zero-order chi connectivity index (χ0) is 11.6. The van der Waals surface area contributed by atoms with Crippen molar-refractivity contribution in [2.75, 3.05) is 19.8 Å². The average Bonchev–Trinajstić information content (AvgIpc) is 2.99. The van der Waals surface area contributed by atoms with E-state index in [-0.39, 0.29) is 5.60 Å². The van der Waals surface area contributed by atoms with Crippen LogP contribution in [-0.4, -0.2) is 36.4 Å². The first-order valence-corrected chi connectivity index (χ1v) is 7.07. The second-order valence-electron chi connectivity index (χ2n) is 4.87. The Kier molecular flexibility index (Phi) is 3.42. The molecule has 2 aliphatic rings. The number of nitrogens with one attached hydrogen (secondary N) is 1. The molecule has 2 aliphatic heterocycles. The minimum absolute atomic E-state index is 0.00359. The van der Waals surface area contributed by atoms with Gasteiger partial charge in [-0.2, -0.15) is 0 Å². The Morgan fingerprint density at radius 2 is 2.53 bits per heavy atom. The molecule has 17 heavy (non-hydrogen) atoms. The maximum absolute atomic E-state index is 5.92. The molecular formula is C12H18N2O2S. The molecule has 2 unspecified atom stereocenters. The van der Waals surface area contributed by atoms with Gasteiger partial charge in [0.05, 0.1) is 17.7 Å². The van der Waals surface area contributed by atoms with Crippen molar-refractivity contribution in [1.29, 1.82) is 0 Å². The molecule has 3 heterocycles. The molecule has 0 aliphatic carbocycles. The summed E-state index contributed by atoms with van der Waals surface area (Å²) in [5, 5.41) is 3.61. The smallest absolute Gasteiger partial charge is 0.0951 e. The first-order valence-electron chi connectivity index (χ1n) is 6.19. The number of thiazole rings is 1. The van der Waals surface area contributed by atoms with Gasteiger partial charge in [0.15, 0.2) is 0 Å². The summed E-state index contributed by atoms with van der Waals surface area (Å²) in [6.07, 6.45) is 5.16. The van der Waals surface area contributed by atoms with Gasteiger partial charge in [-0.15, -0.1) is 11.3 Å². The maximum atomic E-state index is 5.92. The summed E-state index contributed by atoms with van der Waals surface area (Å²) >= 11 is 1.71. The summed E-state index contributed by atoms with van der Waals surface area (Å²) in [6.45, 7) is 3.39. The van der Waals surface area contributed by atoms with Gasteiger partial charge >= 0.3 is 0 Å². The highest BCUT2D eigenvalue weighted by molar-refractivity contribution is 7.09. The maximum Gasteiger partial charge on any atom is 0.0951 e. The fourth-order valence-corrected chi connectivity index (χ4v) is 3.19. The van der Waals surface area contributed by atoms with Gasteiger partial charge in [-0.1, -0.05) is 0 Å². The molecule has 1 aromatic heterocycles. The lowest BCUT2D eigenvalue weighted by molar-refractivity contribution is -0.0894. The zero-order valence-corrected chi connectivity index (χ0v) is 10.7. The van der Waals surface area contributed by atoms with E-state index in [1.165, 1.54) is 4.88 Å². The van der Waals surface area contributed by atoms with Crippen molar-refractivity contribution in [1.82, 2.24) is 10.3 Å². The molecule has 5 heteroatoms. The van der Waals surface area contributed by atoms with Crippen molar-refractivity contribution in [2.45, 2.75) is 37.5 Å². The molecule has 0 radical (unpaired) electrons. The Morgan fingerprint density at radius 3 is 3.29 bits per heavy atom. The molecule has 0 saturated carbocycles. The predicted molar refractivity (Wildman–Crippen MR) is 66.1 cm³/mol. The molecular weight excluding hydrogens is 236 g/mol. The SMILES string of the molecule is c1ncc(CNC2CCOC3(CCOC3)C2)s1. The molecule has 3 rings (SSSR count). The van der Waals surface area contributed by atoms with Crippen LogP contribution in [0, 0.1) is 0 Å². The highest BCUT2D eigenvalue weighted by Crippen LogP contribution is 2.32. The van der Waals surface area contributed by atoms with E-state index in [0.29, 0.717) is 6.04 Å². The second kappa shape index (κ2) is 5.02. The Labute approximate surface area is 105 Å². The summed E-state index contributed by atoms with van der Waals surface area (Å²) in [4.78, 5) is 5.39. The predicted octanol–water partition coefficient (Wildman–Crippen LogP) is 1.57. The number of hydrogen-bond donors (Lipinski definition) is 1. The third kappa shape index (κ3) is 2.68. The Hall–Kier alpha value is -0.490. The van der Waals surface area contributed by atoms with E-state index < -0.39 is 0 Å². The third-order valence-corrected chi connectivity index (χ3v) is 4.39. The molecule has 2 atom stereocenters. The fraction of sp³-hybridized carbons (Fsp3) is 0.750. The number of hydrogen-bond acceptors (Lipinski definition) is 5. The van der Waals surface area contributed by atoms with Crippen LogP contribution < -0.4 is 5.32 Å². The van der Waals surface area contributed by atoms with Crippen LogP contribution in [0.25, 0.3) is 0 Å². The van der Waals surface area contributed by atoms with Gasteiger partial charge in [0, 0.05) is 43.3 Å². The topological polar surface area (TPSA) is 43.4 Å². The lowest BCUT2D eigenvalue weighted by Gasteiger charge is -2.37. The van der Waals surface area contributed by atoms with E-state index in [1.54, 1.807) is 11.3 Å². The normalized spacial score (nSPS) is 33.3. The second-order valence-corrected chi connectivity index (χ2v) is 5.84. The minimum Gasteiger partial charge on any atom is -0.378 e. The van der Waals surface area contributed by atoms with E-state index in [1.807, 2.05) is 11.7 Å². The molecule has 1 aromatic rings. The lowest BCUT2D eigenvalue weighted by Crippen LogP contribution is -2.47. The van der Waals surface area contributed by atoms with Gasteiger partial charge in [0.1, 0.15) is 0 Å². The molecule has 2 fully saturated rings. The first-order chi connectivity index (χ1) is 8.36. The van der Waals surface area contributed by atoms with Gasteiger partial charge in [-0.25, -0.2) is 0 Å². The van der Waals surface area contributed by atoms with Gasteiger partial charge in [0.2, 0.25) is 0 Å². The standard InChI is InChI=1S/C12H18N2O2S/c1-3-16-12(2-4-15-8-12)5-10(1)14-7-11-6-13-9-17-11/h6,9-10,14H,1-5,7-8H2. The van der Waals surface area contributed by atoms with Crippen LogP contribution in [0.4, 0.5) is 0 Å². The summed E-state index contributed by atoms with van der Waals surface area (Å²) in [6, 6.07) is 0.549. The van der Waals surface area contributed by atoms with Gasteiger partial charge < -0.3 is 14.8 Å². The first kappa shape index (κ1) is 11.6. The fourth-order valence-electron chi connectivity index (χ4n) is 2.64. The minimum atomic E-state index is 0.00359. The summed E-state index contributed by atoms with van der Waals surface area (Å²) in [7, 11) is 0. The van der Waals surface area contributed by atoms with Crippen LogP contribution in [0.15, 0.2) is 11.7 Å². The molecule has 0 bridgehead atoms. The quantitative estimate of drug-likeness (QED) is 0.889. The molecule has 1 N–H and O–H groups in total. The molecule has 2 saturated heterocycles. The van der Waals surface area contributed by atoms with Crippen LogP contribution in [0.5, 0.6) is 0 Å². The number of aromatic nitrogens is 1. The average molecular weight is 254 g/mol. The monoisotopic (exact) mass is 254 g/mol. The number of ether oxygens (including phenoxy) is 2. The van der Waals surface area contributed by atoms with Crippen molar-refractivity contribution < 1.29 is 9.47 Å². The Bertz CT molecular complexity index is 349. The highest BCUT2D eigenvalue weighted by Gasteiger charge is 2.40. The van der Waals surface area contributed by atoms with Crippen molar-refractivity contribution in [3.8, 4) is 0 Å². The molecule has 94 valence electrons. The van der Waals surface area contributed by atoms with Crippen LogP contribution in [0.1, 0.15) is 24.1 Å². The van der Waals surface area contributed by atoms with E-state index in [4.69, 9.17) is 9.47 Å². The van der Waals surface area contributed by atoms with Crippen molar-refractivity contribution in [2.24, 2.45) is 0 Å². The van der Waals surface area contributed by atoms with Gasteiger partial charge in [-0.05, 0) is 12.8 Å². The van der Waals surface area contributed by atoms with E-state index >= 15 is 0 Å². The summed E-state index contributed by atoms with van der Waals surface area (Å²) < 4.78 is 11.4. The van der Waals surface area contributed by atoms with Gasteiger partial charge in [-0.3, -0.25) is 4.98 Å². The van der Waals surface area contributed by atoms with Crippen molar-refractivity contribution >= 4 is 11.3 Å². The molecule has 4 nitrogen and oxygen atoms in total. The zero-order valence-electron chi connectivity index (χ0n) is 9.85. The van der Waals surface area contributed by atoms with E-state index in [2.05, 4.69) is 10.3 Å². The van der Waals surface area contributed by atoms with E-state index in [0.717, 1.165) is 45.6 Å². The lowest BCUT2D eigenvalue weighted by atomic mass is 9.90. The van der Waals surface area contributed by atoms with E-state index in [9.17, 15) is 0 Å². The third-order valence-electron chi connectivity index (χ3n) is 3.61. The van der Waals surface area contributed by atoms with Crippen LogP contribution in [0.3, 0.4) is 0 Å². The van der Waals surface area contributed by atoms with Crippen LogP contribution in [-0.2, 0) is 16.0 Å². The number of nitrogens with zero attached hydrogens (tertiary/aromatic N) is 1. The Balaban J connectivity index is 1.53. The van der Waals surface area contributed by atoms with Crippen LogP contribution in [0.2, 0.25) is 0 Å².